The van der Waals surface area contributed by atoms with Crippen LogP contribution in [-0.4, -0.2) is 33.3 Å². The van der Waals surface area contributed by atoms with Crippen LogP contribution in [-0.2, 0) is 11.2 Å². The molecule has 1 rings (SSSR count). The van der Waals surface area contributed by atoms with Gasteiger partial charge in [-0.25, -0.2) is 4.79 Å². The topological polar surface area (TPSA) is 121 Å². The van der Waals surface area contributed by atoms with Gasteiger partial charge in [0.25, 0.3) is 0 Å². The predicted molar refractivity (Wildman–Crippen MR) is 54.4 cm³/mol. The number of nitrogens with two attached hydrogens (primary N) is 1. The quantitative estimate of drug-likeness (QED) is 0.574. The number of phenols is 1. The summed E-state index contributed by atoms with van der Waals surface area (Å²) < 4.78 is 0. The monoisotopic (exact) mass is 225 g/mol. The number of benzene rings is 1. The number of hydrogen-bond acceptors (Lipinski definition) is 4. The maximum atomic E-state index is 10.7. The number of carboxylic acid groups (broad SMARTS) is 2. The lowest BCUT2D eigenvalue weighted by Gasteiger charge is -2.07. The van der Waals surface area contributed by atoms with Crippen LogP contribution in [0.3, 0.4) is 0 Å². The summed E-state index contributed by atoms with van der Waals surface area (Å²) in [5.74, 6) is -2.80. The molecular weight excluding hydrogens is 214 g/mol. The van der Waals surface area contributed by atoms with Crippen LogP contribution in [0.4, 0.5) is 0 Å². The van der Waals surface area contributed by atoms with Crippen molar-refractivity contribution >= 4 is 11.9 Å². The number of aromatic carboxylic acids is 1. The molecule has 0 aliphatic carbocycles. The van der Waals surface area contributed by atoms with Crippen molar-refractivity contribution in [3.8, 4) is 5.75 Å². The molecule has 0 amide bonds. The lowest BCUT2D eigenvalue weighted by Crippen LogP contribution is -2.32. The van der Waals surface area contributed by atoms with Crippen molar-refractivity contribution in [2.45, 2.75) is 12.5 Å². The van der Waals surface area contributed by atoms with E-state index in [9.17, 15) is 14.7 Å². The highest BCUT2D eigenvalue weighted by Crippen LogP contribution is 2.19. The van der Waals surface area contributed by atoms with E-state index in [0.717, 1.165) is 0 Å². The van der Waals surface area contributed by atoms with Crippen molar-refractivity contribution in [3.63, 3.8) is 0 Å². The van der Waals surface area contributed by atoms with Crippen molar-refractivity contribution in [2.24, 2.45) is 5.73 Å². The van der Waals surface area contributed by atoms with Crippen molar-refractivity contribution < 1.29 is 24.9 Å². The minimum Gasteiger partial charge on any atom is -0.507 e. The molecule has 0 bridgehead atoms. The summed E-state index contributed by atoms with van der Waals surface area (Å²) in [4.78, 5) is 21.2. The van der Waals surface area contributed by atoms with Gasteiger partial charge in [-0.3, -0.25) is 4.79 Å². The van der Waals surface area contributed by atoms with Crippen LogP contribution in [0, 0.1) is 0 Å². The molecule has 1 atom stereocenters. The van der Waals surface area contributed by atoms with Gasteiger partial charge in [-0.1, -0.05) is 6.07 Å². The molecule has 0 heterocycles. The molecule has 0 aliphatic rings. The third-order valence-electron chi connectivity index (χ3n) is 2.06. The van der Waals surface area contributed by atoms with Gasteiger partial charge in [0.1, 0.15) is 17.4 Å². The second-order valence-corrected chi connectivity index (χ2v) is 3.31. The largest absolute Gasteiger partial charge is 0.507 e. The van der Waals surface area contributed by atoms with E-state index in [-0.39, 0.29) is 17.7 Å². The Labute approximate surface area is 90.9 Å². The maximum Gasteiger partial charge on any atom is 0.339 e. The van der Waals surface area contributed by atoms with Crippen LogP contribution in [0.25, 0.3) is 0 Å². The molecule has 16 heavy (non-hydrogen) atoms. The Balaban J connectivity index is 2.95. The first-order valence-corrected chi connectivity index (χ1v) is 4.45. The van der Waals surface area contributed by atoms with Gasteiger partial charge in [0.05, 0.1) is 0 Å². The number of hydrogen-bond donors (Lipinski definition) is 4. The molecule has 0 aliphatic heterocycles. The summed E-state index contributed by atoms with van der Waals surface area (Å²) in [5.41, 5.74) is 5.48. The highest BCUT2D eigenvalue weighted by molar-refractivity contribution is 5.91. The summed E-state index contributed by atoms with van der Waals surface area (Å²) in [6, 6.07) is 2.75. The average Bonchev–Trinajstić information content (AvgIpc) is 2.20. The normalized spacial score (nSPS) is 12.1. The minimum atomic E-state index is -1.27. The van der Waals surface area contributed by atoms with Crippen LogP contribution in [0.5, 0.6) is 5.75 Å². The molecule has 5 N–H and O–H groups in total. The molecule has 1 aromatic carbocycles. The maximum absolute atomic E-state index is 10.7. The molecule has 0 radical (unpaired) electrons. The van der Waals surface area contributed by atoms with Gasteiger partial charge in [0, 0.05) is 0 Å². The van der Waals surface area contributed by atoms with E-state index in [0.29, 0.717) is 5.56 Å². The predicted octanol–water partition coefficient (Wildman–Crippen LogP) is 0.0448. The molecule has 0 fully saturated rings. The van der Waals surface area contributed by atoms with Gasteiger partial charge < -0.3 is 21.1 Å². The number of aliphatic carboxylic acids is 1. The molecule has 0 aromatic heterocycles. The van der Waals surface area contributed by atoms with E-state index in [1.54, 1.807) is 0 Å². The zero-order valence-corrected chi connectivity index (χ0v) is 8.25. The minimum absolute atomic E-state index is 0.00981. The number of carbonyl (C=O) groups is 2. The summed E-state index contributed by atoms with van der Waals surface area (Å²) in [6.07, 6.45) is 0.00981. The third kappa shape index (κ3) is 2.71. The Kier molecular flexibility index (Phi) is 3.47. The Morgan fingerprint density at radius 3 is 2.44 bits per heavy atom. The SMILES string of the molecule is N[C@H](Cc1ccc(O)c(C(=O)O)c1)C(=O)O. The molecular formula is C10H11NO5. The summed E-state index contributed by atoms with van der Waals surface area (Å²) in [6.45, 7) is 0. The molecule has 0 spiro atoms. The standard InChI is InChI=1S/C10H11NO5/c11-7(10(15)16)4-5-1-2-8(12)6(3-5)9(13)14/h1-3,7,12H,4,11H2,(H,13,14)(H,15,16)/t7-/m1/s1. The average molecular weight is 225 g/mol. The van der Waals surface area contributed by atoms with Crippen molar-refractivity contribution in [1.29, 1.82) is 0 Å². The first-order chi connectivity index (χ1) is 7.41. The Bertz CT molecular complexity index is 429. The molecule has 6 nitrogen and oxygen atoms in total. The molecule has 0 saturated heterocycles. The Morgan fingerprint density at radius 2 is 1.94 bits per heavy atom. The van der Waals surface area contributed by atoms with E-state index < -0.39 is 18.0 Å². The second kappa shape index (κ2) is 4.63. The summed E-state index contributed by atoms with van der Waals surface area (Å²) in [5, 5.41) is 26.5. The third-order valence-corrected chi connectivity index (χ3v) is 2.06. The van der Waals surface area contributed by atoms with Crippen LogP contribution in [0.1, 0.15) is 15.9 Å². The van der Waals surface area contributed by atoms with Gasteiger partial charge in [0.2, 0.25) is 0 Å². The van der Waals surface area contributed by atoms with Crippen molar-refractivity contribution in [3.05, 3.63) is 29.3 Å². The first kappa shape index (κ1) is 12.0. The highest BCUT2D eigenvalue weighted by Gasteiger charge is 2.15. The van der Waals surface area contributed by atoms with Gasteiger partial charge in [0.15, 0.2) is 0 Å². The zero-order chi connectivity index (χ0) is 12.3. The Morgan fingerprint density at radius 1 is 1.31 bits per heavy atom. The van der Waals surface area contributed by atoms with E-state index in [1.807, 2.05) is 0 Å². The van der Waals surface area contributed by atoms with E-state index in [1.165, 1.54) is 18.2 Å². The fourth-order valence-corrected chi connectivity index (χ4v) is 1.22. The Hall–Kier alpha value is -2.08. The fraction of sp³-hybridized carbons (Fsp3) is 0.200. The molecule has 6 heteroatoms. The lowest BCUT2D eigenvalue weighted by molar-refractivity contribution is -0.138. The number of rotatable bonds is 4. The van der Waals surface area contributed by atoms with Gasteiger partial charge in [-0.2, -0.15) is 0 Å². The lowest BCUT2D eigenvalue weighted by atomic mass is 10.0. The van der Waals surface area contributed by atoms with Gasteiger partial charge in [-0.15, -0.1) is 0 Å². The zero-order valence-electron chi connectivity index (χ0n) is 8.25. The van der Waals surface area contributed by atoms with Crippen molar-refractivity contribution in [1.82, 2.24) is 0 Å². The fourth-order valence-electron chi connectivity index (χ4n) is 1.22. The van der Waals surface area contributed by atoms with Crippen LogP contribution in [0.2, 0.25) is 0 Å². The van der Waals surface area contributed by atoms with Gasteiger partial charge in [-0.05, 0) is 24.1 Å². The smallest absolute Gasteiger partial charge is 0.339 e. The highest BCUT2D eigenvalue weighted by atomic mass is 16.4. The summed E-state index contributed by atoms with van der Waals surface area (Å²) in [7, 11) is 0. The van der Waals surface area contributed by atoms with Crippen molar-refractivity contribution in [2.75, 3.05) is 0 Å². The van der Waals surface area contributed by atoms with E-state index >= 15 is 0 Å². The number of carboxylic acids is 2. The van der Waals surface area contributed by atoms with Crippen LogP contribution >= 0.6 is 0 Å². The van der Waals surface area contributed by atoms with Crippen LogP contribution in [0.15, 0.2) is 18.2 Å². The first-order valence-electron chi connectivity index (χ1n) is 4.45. The molecule has 1 aromatic rings. The van der Waals surface area contributed by atoms with E-state index in [4.69, 9.17) is 15.9 Å². The summed E-state index contributed by atoms with van der Waals surface area (Å²) >= 11 is 0. The molecule has 0 saturated carbocycles. The van der Waals surface area contributed by atoms with Crippen LogP contribution < -0.4 is 5.73 Å². The number of aromatic hydroxyl groups is 1. The second-order valence-electron chi connectivity index (χ2n) is 3.31. The molecule has 86 valence electrons. The van der Waals surface area contributed by atoms with E-state index in [2.05, 4.69) is 0 Å². The molecule has 0 unspecified atom stereocenters. The van der Waals surface area contributed by atoms with Gasteiger partial charge >= 0.3 is 11.9 Å².